The Labute approximate surface area is 151 Å². The third kappa shape index (κ3) is 4.51. The molecule has 0 heterocycles. The molecule has 0 aliphatic rings. The Hall–Kier alpha value is -3.07. The summed E-state index contributed by atoms with van der Waals surface area (Å²) in [6.07, 6.45) is 1.37. The van der Waals surface area contributed by atoms with Crippen LogP contribution in [0.3, 0.4) is 0 Å². The first-order valence-corrected chi connectivity index (χ1v) is 9.33. The summed E-state index contributed by atoms with van der Waals surface area (Å²) in [6, 6.07) is 10.9. The number of Topliss-reactive ketones (excluding diaryl/α,β-unsaturated/α-hetero) is 1. The Morgan fingerprint density at radius 3 is 2.50 bits per heavy atom. The van der Waals surface area contributed by atoms with Gasteiger partial charge in [0.25, 0.3) is 0 Å². The van der Waals surface area contributed by atoms with E-state index in [0.717, 1.165) is 16.6 Å². The van der Waals surface area contributed by atoms with Gasteiger partial charge in [0.15, 0.2) is 11.5 Å². The maximum Gasteiger partial charge on any atom is 0.232 e. The van der Waals surface area contributed by atoms with Gasteiger partial charge in [-0.2, -0.15) is 0 Å². The van der Waals surface area contributed by atoms with Gasteiger partial charge in [0.05, 0.1) is 24.1 Å². The number of ketones is 1. The second kappa shape index (κ2) is 7.87. The van der Waals surface area contributed by atoms with Gasteiger partial charge in [0, 0.05) is 13.1 Å². The average Bonchev–Trinajstić information content (AvgIpc) is 2.60. The maximum absolute atomic E-state index is 12.1. The summed E-state index contributed by atoms with van der Waals surface area (Å²) in [7, 11) is -2.33. The topological polar surface area (TPSA) is 113 Å². The molecule has 0 aliphatic carbocycles. The molecule has 2 aromatic rings. The molecule has 0 radical (unpaired) electrons. The van der Waals surface area contributed by atoms with Gasteiger partial charge in [0.1, 0.15) is 11.5 Å². The zero-order valence-electron chi connectivity index (χ0n) is 14.2. The van der Waals surface area contributed by atoms with E-state index in [0.29, 0.717) is 12.2 Å². The highest BCUT2D eigenvalue weighted by molar-refractivity contribution is 7.92. The van der Waals surface area contributed by atoms with E-state index in [1.165, 1.54) is 13.1 Å². The van der Waals surface area contributed by atoms with Crippen molar-refractivity contribution >= 4 is 27.9 Å². The number of nitrogens with zero attached hydrogens (tertiary/aromatic N) is 1. The lowest BCUT2D eigenvalue weighted by molar-refractivity contribution is -0.109. The van der Waals surface area contributed by atoms with Crippen LogP contribution >= 0.6 is 0 Å². The zero-order chi connectivity index (χ0) is 19.3. The normalized spacial score (nSPS) is 10.8. The minimum absolute atomic E-state index is 0.0637. The summed E-state index contributed by atoms with van der Waals surface area (Å²) < 4.78 is 30.4. The Morgan fingerprint density at radius 2 is 1.92 bits per heavy atom. The standard InChI is InChI=1S/C17H18N2O6S/c1-19(26(2,23)24)14-9-15(21)13(16(22)10-18-11-20)8-17(14)25-12-6-4-3-5-7-12/h3-9,11,21H,10H2,1-2H3,(H,18,20). The quantitative estimate of drug-likeness (QED) is 0.532. The first-order valence-electron chi connectivity index (χ1n) is 7.48. The van der Waals surface area contributed by atoms with Crippen LogP contribution in [0, 0.1) is 0 Å². The van der Waals surface area contributed by atoms with E-state index in [9.17, 15) is 23.1 Å². The van der Waals surface area contributed by atoms with Crippen LogP contribution in [0.4, 0.5) is 5.69 Å². The van der Waals surface area contributed by atoms with Crippen molar-refractivity contribution in [3.05, 3.63) is 48.0 Å². The van der Waals surface area contributed by atoms with Gasteiger partial charge in [-0.25, -0.2) is 8.42 Å². The molecule has 0 atom stereocenters. The van der Waals surface area contributed by atoms with Crippen LogP contribution in [0.1, 0.15) is 10.4 Å². The average molecular weight is 378 g/mol. The molecule has 1 amide bonds. The molecule has 0 aromatic heterocycles. The Bertz CT molecular complexity index is 912. The van der Waals surface area contributed by atoms with Crippen LogP contribution in [-0.2, 0) is 14.8 Å². The number of aromatic hydroxyl groups is 1. The fourth-order valence-electron chi connectivity index (χ4n) is 2.13. The number of hydrogen-bond donors (Lipinski definition) is 2. The Balaban J connectivity index is 2.54. The number of amides is 1. The molecule has 0 fully saturated rings. The third-order valence-corrected chi connectivity index (χ3v) is 4.72. The number of sulfonamides is 1. The highest BCUT2D eigenvalue weighted by atomic mass is 32.2. The van der Waals surface area contributed by atoms with Gasteiger partial charge in [-0.1, -0.05) is 18.2 Å². The molecule has 9 heteroatoms. The molecular weight excluding hydrogens is 360 g/mol. The molecule has 0 spiro atoms. The highest BCUT2D eigenvalue weighted by Crippen LogP contribution is 2.38. The number of anilines is 1. The van der Waals surface area contributed by atoms with Crippen LogP contribution in [0.15, 0.2) is 42.5 Å². The number of para-hydroxylation sites is 1. The summed E-state index contributed by atoms with van der Waals surface area (Å²) in [5, 5.41) is 12.4. The van der Waals surface area contributed by atoms with E-state index >= 15 is 0 Å². The van der Waals surface area contributed by atoms with E-state index in [2.05, 4.69) is 5.32 Å². The number of hydrogen-bond acceptors (Lipinski definition) is 6. The van der Waals surface area contributed by atoms with Gasteiger partial charge >= 0.3 is 0 Å². The summed E-state index contributed by atoms with van der Waals surface area (Å²) in [6.45, 7) is -0.316. The number of benzene rings is 2. The van der Waals surface area contributed by atoms with Crippen molar-refractivity contribution < 1.29 is 27.9 Å². The Morgan fingerprint density at radius 1 is 1.27 bits per heavy atom. The van der Waals surface area contributed by atoms with Crippen LogP contribution in [0.25, 0.3) is 0 Å². The molecule has 2 rings (SSSR count). The first-order chi connectivity index (χ1) is 12.2. The fourth-order valence-corrected chi connectivity index (χ4v) is 2.63. The molecule has 0 aliphatic heterocycles. The highest BCUT2D eigenvalue weighted by Gasteiger charge is 2.22. The lowest BCUT2D eigenvalue weighted by Gasteiger charge is -2.21. The van der Waals surface area contributed by atoms with Crippen molar-refractivity contribution in [2.75, 3.05) is 24.2 Å². The van der Waals surface area contributed by atoms with Gasteiger partial charge in [0.2, 0.25) is 16.4 Å². The molecule has 0 saturated heterocycles. The molecule has 0 saturated carbocycles. The predicted molar refractivity (Wildman–Crippen MR) is 96.3 cm³/mol. The number of carbonyl (C=O) groups is 2. The predicted octanol–water partition coefficient (Wildman–Crippen LogP) is 1.51. The molecular formula is C17H18N2O6S. The number of carbonyl (C=O) groups excluding carboxylic acids is 2. The molecule has 2 N–H and O–H groups in total. The third-order valence-electron chi connectivity index (χ3n) is 3.53. The first kappa shape index (κ1) is 19.3. The van der Waals surface area contributed by atoms with E-state index in [1.54, 1.807) is 30.3 Å². The van der Waals surface area contributed by atoms with Crippen molar-refractivity contribution in [3.8, 4) is 17.2 Å². The largest absolute Gasteiger partial charge is 0.507 e. The fraction of sp³-hybridized carbons (Fsp3) is 0.176. The smallest absolute Gasteiger partial charge is 0.232 e. The number of nitrogens with one attached hydrogen (secondary N) is 1. The van der Waals surface area contributed by atoms with Crippen LogP contribution in [0.2, 0.25) is 0 Å². The SMILES string of the molecule is CN(c1cc(O)c(C(=O)CNC=O)cc1Oc1ccccc1)S(C)(=O)=O. The number of phenols is 1. The van der Waals surface area contributed by atoms with Crippen molar-refractivity contribution in [2.24, 2.45) is 0 Å². The van der Waals surface area contributed by atoms with Crippen molar-refractivity contribution in [1.82, 2.24) is 5.32 Å². The van der Waals surface area contributed by atoms with Gasteiger partial charge < -0.3 is 15.2 Å². The minimum atomic E-state index is -3.64. The number of phenolic OH excluding ortho intramolecular Hbond substituents is 1. The molecule has 2 aromatic carbocycles. The second-order valence-electron chi connectivity index (χ2n) is 5.40. The molecule has 26 heavy (non-hydrogen) atoms. The van der Waals surface area contributed by atoms with Gasteiger partial charge in [-0.05, 0) is 18.2 Å². The van der Waals surface area contributed by atoms with Crippen molar-refractivity contribution in [2.45, 2.75) is 0 Å². The summed E-state index contributed by atoms with van der Waals surface area (Å²) in [4.78, 5) is 22.5. The molecule has 0 bridgehead atoms. The van der Waals surface area contributed by atoms with E-state index < -0.39 is 21.6 Å². The van der Waals surface area contributed by atoms with E-state index in [1.807, 2.05) is 0 Å². The van der Waals surface area contributed by atoms with Crippen LogP contribution in [0.5, 0.6) is 17.2 Å². The molecule has 8 nitrogen and oxygen atoms in total. The molecule has 0 unspecified atom stereocenters. The maximum atomic E-state index is 12.1. The van der Waals surface area contributed by atoms with Crippen molar-refractivity contribution in [1.29, 1.82) is 0 Å². The van der Waals surface area contributed by atoms with Crippen LogP contribution in [-0.4, -0.2) is 45.6 Å². The van der Waals surface area contributed by atoms with Crippen LogP contribution < -0.4 is 14.4 Å². The number of ether oxygens (including phenoxy) is 1. The lowest BCUT2D eigenvalue weighted by Crippen LogP contribution is -2.26. The zero-order valence-corrected chi connectivity index (χ0v) is 15.0. The van der Waals surface area contributed by atoms with Gasteiger partial charge in [-0.3, -0.25) is 13.9 Å². The Kier molecular flexibility index (Phi) is 5.83. The monoisotopic (exact) mass is 378 g/mol. The van der Waals surface area contributed by atoms with E-state index in [4.69, 9.17) is 4.74 Å². The molecule has 138 valence electrons. The van der Waals surface area contributed by atoms with E-state index in [-0.39, 0.29) is 23.5 Å². The number of rotatable bonds is 8. The van der Waals surface area contributed by atoms with Gasteiger partial charge in [-0.15, -0.1) is 0 Å². The summed E-state index contributed by atoms with van der Waals surface area (Å²) in [5.41, 5.74) is -0.0373. The summed E-state index contributed by atoms with van der Waals surface area (Å²) >= 11 is 0. The summed E-state index contributed by atoms with van der Waals surface area (Å²) in [5.74, 6) is -0.489. The second-order valence-corrected chi connectivity index (χ2v) is 7.42. The van der Waals surface area contributed by atoms with Crippen molar-refractivity contribution in [3.63, 3.8) is 0 Å². The lowest BCUT2D eigenvalue weighted by atomic mass is 10.1. The minimum Gasteiger partial charge on any atom is -0.507 e.